The van der Waals surface area contributed by atoms with Crippen LogP contribution in [0.1, 0.15) is 27.7 Å². The molecule has 1 aliphatic rings. The summed E-state index contributed by atoms with van der Waals surface area (Å²) in [5, 5.41) is 0. The summed E-state index contributed by atoms with van der Waals surface area (Å²) in [6, 6.07) is 16.8. The zero-order valence-electron chi connectivity index (χ0n) is 20.4. The second-order valence-corrected chi connectivity index (χ2v) is 8.08. The Labute approximate surface area is 208 Å². The summed E-state index contributed by atoms with van der Waals surface area (Å²) in [5.41, 5.74) is 1.96. The molecular formula is C26H28O10. The van der Waals surface area contributed by atoms with Crippen molar-refractivity contribution in [3.8, 4) is 16.9 Å². The lowest BCUT2D eigenvalue weighted by molar-refractivity contribution is -0.288. The van der Waals surface area contributed by atoms with Crippen LogP contribution in [0.2, 0.25) is 0 Å². The molecule has 0 aromatic heterocycles. The summed E-state index contributed by atoms with van der Waals surface area (Å²) in [4.78, 5) is 47.1. The average molecular weight is 501 g/mol. The largest absolute Gasteiger partial charge is 0.463 e. The summed E-state index contributed by atoms with van der Waals surface area (Å²) >= 11 is 0. The number of rotatable bonds is 8. The van der Waals surface area contributed by atoms with E-state index in [1.54, 1.807) is 12.1 Å². The molecule has 5 atom stereocenters. The Morgan fingerprint density at radius 1 is 0.667 bits per heavy atom. The minimum absolute atomic E-state index is 0.329. The molecule has 2 aromatic rings. The highest BCUT2D eigenvalue weighted by atomic mass is 16.7. The van der Waals surface area contributed by atoms with Crippen LogP contribution in [-0.2, 0) is 42.9 Å². The Morgan fingerprint density at radius 2 is 1.19 bits per heavy atom. The monoisotopic (exact) mass is 500 g/mol. The maximum atomic E-state index is 11.9. The Bertz CT molecular complexity index is 1070. The number of esters is 4. The Hall–Kier alpha value is -3.92. The van der Waals surface area contributed by atoms with E-state index in [1.165, 1.54) is 13.8 Å². The highest BCUT2D eigenvalue weighted by Gasteiger charge is 2.53. The van der Waals surface area contributed by atoms with Gasteiger partial charge in [0.05, 0.1) is 0 Å². The molecule has 1 fully saturated rings. The van der Waals surface area contributed by atoms with Crippen LogP contribution in [0.3, 0.4) is 0 Å². The molecule has 3 rings (SSSR count). The summed E-state index contributed by atoms with van der Waals surface area (Å²) in [6.07, 6.45) is -6.19. The van der Waals surface area contributed by atoms with Crippen LogP contribution in [0, 0.1) is 0 Å². The van der Waals surface area contributed by atoms with Gasteiger partial charge in [0.25, 0.3) is 0 Å². The van der Waals surface area contributed by atoms with Gasteiger partial charge in [0, 0.05) is 27.7 Å². The predicted molar refractivity (Wildman–Crippen MR) is 124 cm³/mol. The molecule has 1 aliphatic heterocycles. The zero-order chi connectivity index (χ0) is 26.2. The van der Waals surface area contributed by atoms with Crippen LogP contribution in [0.5, 0.6) is 5.75 Å². The van der Waals surface area contributed by atoms with Crippen LogP contribution < -0.4 is 4.74 Å². The number of carbonyl (C=O) groups excluding carboxylic acids is 4. The molecule has 36 heavy (non-hydrogen) atoms. The fourth-order valence-electron chi connectivity index (χ4n) is 3.77. The van der Waals surface area contributed by atoms with Gasteiger partial charge >= 0.3 is 23.9 Å². The van der Waals surface area contributed by atoms with E-state index < -0.39 is 54.6 Å². The van der Waals surface area contributed by atoms with Gasteiger partial charge < -0.3 is 28.4 Å². The number of ether oxygens (including phenoxy) is 6. The highest BCUT2D eigenvalue weighted by Crippen LogP contribution is 2.31. The average Bonchev–Trinajstić information content (AvgIpc) is 2.82. The van der Waals surface area contributed by atoms with Crippen LogP contribution >= 0.6 is 0 Å². The van der Waals surface area contributed by atoms with Gasteiger partial charge in [0.15, 0.2) is 12.2 Å². The van der Waals surface area contributed by atoms with Crippen LogP contribution in [-0.4, -0.2) is 61.2 Å². The molecule has 0 aliphatic carbocycles. The molecule has 0 unspecified atom stereocenters. The number of hydrogen-bond acceptors (Lipinski definition) is 10. The van der Waals surface area contributed by atoms with Crippen LogP contribution in [0.15, 0.2) is 54.6 Å². The summed E-state index contributed by atoms with van der Waals surface area (Å²) < 4.78 is 33.2. The molecule has 0 amide bonds. The first-order valence-electron chi connectivity index (χ1n) is 11.3. The second-order valence-electron chi connectivity index (χ2n) is 8.08. The third-order valence-electron chi connectivity index (χ3n) is 5.16. The third-order valence-corrected chi connectivity index (χ3v) is 5.16. The van der Waals surface area contributed by atoms with E-state index in [0.29, 0.717) is 5.75 Å². The molecule has 10 heteroatoms. The van der Waals surface area contributed by atoms with E-state index >= 15 is 0 Å². The summed E-state index contributed by atoms with van der Waals surface area (Å²) in [7, 11) is 0. The van der Waals surface area contributed by atoms with Crippen molar-refractivity contribution in [3.05, 3.63) is 54.6 Å². The normalized spacial score (nSPS) is 23.2. The lowest BCUT2D eigenvalue weighted by Gasteiger charge is -2.43. The predicted octanol–water partition coefficient (Wildman–Crippen LogP) is 2.82. The van der Waals surface area contributed by atoms with Crippen molar-refractivity contribution >= 4 is 23.9 Å². The van der Waals surface area contributed by atoms with Crippen molar-refractivity contribution in [1.29, 1.82) is 0 Å². The molecule has 1 heterocycles. The third kappa shape index (κ3) is 7.29. The number of carbonyl (C=O) groups is 4. The lowest BCUT2D eigenvalue weighted by Crippen LogP contribution is -2.63. The van der Waals surface area contributed by atoms with Gasteiger partial charge in [-0.2, -0.15) is 0 Å². The molecule has 0 spiro atoms. The van der Waals surface area contributed by atoms with Crippen LogP contribution in [0.4, 0.5) is 0 Å². The Kier molecular flexibility index (Phi) is 9.02. The number of benzene rings is 2. The standard InChI is InChI=1S/C26H28O10/c1-15(27)31-14-22-23(32-16(2)28)24(33-17(3)29)25(34-18(4)30)26(36-22)35-21-12-10-20(11-13-21)19-8-6-5-7-9-19/h5-13,22-26H,14H2,1-4H3/t22-,23+,24-,25-,26+/m0/s1. The van der Waals surface area contributed by atoms with E-state index in [2.05, 4.69) is 0 Å². The summed E-state index contributed by atoms with van der Waals surface area (Å²) in [6.45, 7) is 4.36. The molecule has 1 saturated heterocycles. The first-order valence-corrected chi connectivity index (χ1v) is 11.3. The molecule has 0 bridgehead atoms. The van der Waals surface area contributed by atoms with Gasteiger partial charge in [-0.05, 0) is 23.3 Å². The fraction of sp³-hybridized carbons (Fsp3) is 0.385. The maximum Gasteiger partial charge on any atom is 0.303 e. The Balaban J connectivity index is 1.92. The van der Waals surface area contributed by atoms with E-state index in [-0.39, 0.29) is 6.61 Å². The molecule has 10 nitrogen and oxygen atoms in total. The Morgan fingerprint density at radius 3 is 1.75 bits per heavy atom. The van der Waals surface area contributed by atoms with Crippen molar-refractivity contribution in [2.45, 2.75) is 58.4 Å². The van der Waals surface area contributed by atoms with Crippen molar-refractivity contribution in [2.24, 2.45) is 0 Å². The summed E-state index contributed by atoms with van der Waals surface area (Å²) in [5.74, 6) is -2.34. The van der Waals surface area contributed by atoms with Gasteiger partial charge in [-0.1, -0.05) is 42.5 Å². The van der Waals surface area contributed by atoms with Gasteiger partial charge in [-0.25, -0.2) is 0 Å². The van der Waals surface area contributed by atoms with E-state index in [0.717, 1.165) is 25.0 Å². The minimum Gasteiger partial charge on any atom is -0.463 e. The smallest absolute Gasteiger partial charge is 0.303 e. The molecule has 0 saturated carbocycles. The van der Waals surface area contributed by atoms with Gasteiger partial charge in [0.2, 0.25) is 12.4 Å². The van der Waals surface area contributed by atoms with Gasteiger partial charge in [0.1, 0.15) is 18.5 Å². The van der Waals surface area contributed by atoms with Crippen molar-refractivity contribution in [3.63, 3.8) is 0 Å². The van der Waals surface area contributed by atoms with Crippen LogP contribution in [0.25, 0.3) is 11.1 Å². The van der Waals surface area contributed by atoms with E-state index in [1.807, 2.05) is 42.5 Å². The fourth-order valence-corrected chi connectivity index (χ4v) is 3.77. The quantitative estimate of drug-likeness (QED) is 0.395. The highest BCUT2D eigenvalue weighted by molar-refractivity contribution is 5.69. The maximum absolute atomic E-state index is 11.9. The topological polar surface area (TPSA) is 124 Å². The van der Waals surface area contributed by atoms with Crippen molar-refractivity contribution in [1.82, 2.24) is 0 Å². The molecule has 0 N–H and O–H groups in total. The minimum atomic E-state index is -1.29. The van der Waals surface area contributed by atoms with Crippen molar-refractivity contribution < 1.29 is 47.6 Å². The SMILES string of the molecule is CC(=O)OC[C@@H]1O[C@@H](Oc2ccc(-c3ccccc3)cc2)[C@@H](OC(C)=O)[C@@H](OC(C)=O)[C@@H]1OC(C)=O. The van der Waals surface area contributed by atoms with Gasteiger partial charge in [-0.15, -0.1) is 0 Å². The van der Waals surface area contributed by atoms with Gasteiger partial charge in [-0.3, -0.25) is 19.2 Å². The molecule has 0 radical (unpaired) electrons. The van der Waals surface area contributed by atoms with E-state index in [9.17, 15) is 19.2 Å². The molecular weight excluding hydrogens is 472 g/mol. The van der Waals surface area contributed by atoms with E-state index in [4.69, 9.17) is 28.4 Å². The first-order chi connectivity index (χ1) is 17.1. The first kappa shape index (κ1) is 26.7. The molecule has 2 aromatic carbocycles. The zero-order valence-corrected chi connectivity index (χ0v) is 20.4. The van der Waals surface area contributed by atoms with Crippen molar-refractivity contribution in [2.75, 3.05) is 6.61 Å². The lowest BCUT2D eigenvalue weighted by atomic mass is 9.98. The second kappa shape index (κ2) is 12.2. The number of hydrogen-bond donors (Lipinski definition) is 0. The molecule has 192 valence electrons.